The molecule has 0 bridgehead atoms. The quantitative estimate of drug-likeness (QED) is 0.674. The van der Waals surface area contributed by atoms with Crippen LogP contribution in [0.2, 0.25) is 0 Å². The summed E-state index contributed by atoms with van der Waals surface area (Å²) < 4.78 is 0. The standard InChI is InChI=1S/C10H12N2O3/c1-7-3-2-4-11-8(7)5-9(10(14)15)12-6-13/h2-4,6,9H,5H2,1H3,(H,12,13)(H,14,15). The van der Waals surface area contributed by atoms with Crippen molar-refractivity contribution in [2.45, 2.75) is 19.4 Å². The summed E-state index contributed by atoms with van der Waals surface area (Å²) in [5.41, 5.74) is 1.59. The molecule has 0 aliphatic heterocycles. The fraction of sp³-hybridized carbons (Fsp3) is 0.300. The van der Waals surface area contributed by atoms with Crippen molar-refractivity contribution in [3.05, 3.63) is 29.6 Å². The molecule has 1 heterocycles. The highest BCUT2D eigenvalue weighted by molar-refractivity contribution is 5.76. The lowest BCUT2D eigenvalue weighted by molar-refractivity contribution is -0.140. The Balaban J connectivity index is 2.78. The van der Waals surface area contributed by atoms with Gasteiger partial charge in [-0.3, -0.25) is 9.78 Å². The lowest BCUT2D eigenvalue weighted by atomic mass is 10.1. The van der Waals surface area contributed by atoms with Gasteiger partial charge in [-0.2, -0.15) is 0 Å². The van der Waals surface area contributed by atoms with Gasteiger partial charge in [0, 0.05) is 18.3 Å². The lowest BCUT2D eigenvalue weighted by Crippen LogP contribution is -2.37. The van der Waals surface area contributed by atoms with E-state index >= 15 is 0 Å². The van der Waals surface area contributed by atoms with E-state index in [-0.39, 0.29) is 6.42 Å². The van der Waals surface area contributed by atoms with Gasteiger partial charge in [0.15, 0.2) is 0 Å². The van der Waals surface area contributed by atoms with Gasteiger partial charge in [0.1, 0.15) is 6.04 Å². The van der Waals surface area contributed by atoms with E-state index in [2.05, 4.69) is 10.3 Å². The van der Waals surface area contributed by atoms with Gasteiger partial charge in [-0.15, -0.1) is 0 Å². The molecule has 1 rings (SSSR count). The van der Waals surface area contributed by atoms with Gasteiger partial charge >= 0.3 is 5.97 Å². The van der Waals surface area contributed by atoms with Crippen LogP contribution in [0.1, 0.15) is 11.3 Å². The van der Waals surface area contributed by atoms with Crippen molar-refractivity contribution < 1.29 is 14.7 Å². The van der Waals surface area contributed by atoms with Crippen LogP contribution >= 0.6 is 0 Å². The van der Waals surface area contributed by atoms with Gasteiger partial charge in [0.2, 0.25) is 6.41 Å². The number of nitrogens with zero attached hydrogens (tertiary/aromatic N) is 1. The normalized spacial score (nSPS) is 11.8. The van der Waals surface area contributed by atoms with Crippen LogP contribution in [0, 0.1) is 6.92 Å². The average Bonchev–Trinajstić information content (AvgIpc) is 2.20. The number of aryl methyl sites for hydroxylation is 1. The monoisotopic (exact) mass is 208 g/mol. The van der Waals surface area contributed by atoms with Crippen LogP contribution in [-0.2, 0) is 16.0 Å². The maximum Gasteiger partial charge on any atom is 0.326 e. The van der Waals surface area contributed by atoms with Gasteiger partial charge in [-0.25, -0.2) is 4.79 Å². The smallest absolute Gasteiger partial charge is 0.326 e. The van der Waals surface area contributed by atoms with Crippen LogP contribution in [0.5, 0.6) is 0 Å². The summed E-state index contributed by atoms with van der Waals surface area (Å²) in [6.45, 7) is 1.85. The minimum atomic E-state index is -1.06. The van der Waals surface area contributed by atoms with Crippen LogP contribution in [0.4, 0.5) is 0 Å². The zero-order valence-corrected chi connectivity index (χ0v) is 8.30. The topological polar surface area (TPSA) is 79.3 Å². The molecule has 0 saturated carbocycles. The molecule has 1 aromatic rings. The van der Waals surface area contributed by atoms with E-state index in [1.54, 1.807) is 12.3 Å². The number of aliphatic carboxylic acids is 1. The molecule has 2 N–H and O–H groups in total. The van der Waals surface area contributed by atoms with E-state index in [1.165, 1.54) is 0 Å². The summed E-state index contributed by atoms with van der Waals surface area (Å²) in [4.78, 5) is 25.0. The number of nitrogens with one attached hydrogen (secondary N) is 1. The molecule has 5 nitrogen and oxygen atoms in total. The molecule has 0 fully saturated rings. The van der Waals surface area contributed by atoms with Crippen molar-refractivity contribution in [1.82, 2.24) is 10.3 Å². The van der Waals surface area contributed by atoms with E-state index in [4.69, 9.17) is 5.11 Å². The number of carbonyl (C=O) groups excluding carboxylic acids is 1. The van der Waals surface area contributed by atoms with E-state index in [0.29, 0.717) is 12.1 Å². The van der Waals surface area contributed by atoms with E-state index < -0.39 is 12.0 Å². The molecule has 0 aliphatic rings. The largest absolute Gasteiger partial charge is 0.480 e. The van der Waals surface area contributed by atoms with Crippen molar-refractivity contribution in [3.63, 3.8) is 0 Å². The molecule has 1 unspecified atom stereocenters. The lowest BCUT2D eigenvalue weighted by Gasteiger charge is -2.11. The molecule has 1 aromatic heterocycles. The van der Waals surface area contributed by atoms with Crippen LogP contribution < -0.4 is 5.32 Å². The average molecular weight is 208 g/mol. The molecule has 0 radical (unpaired) electrons. The number of amides is 1. The van der Waals surface area contributed by atoms with E-state index in [1.807, 2.05) is 13.0 Å². The molecular weight excluding hydrogens is 196 g/mol. The molecule has 15 heavy (non-hydrogen) atoms. The van der Waals surface area contributed by atoms with Crippen molar-refractivity contribution in [3.8, 4) is 0 Å². The predicted molar refractivity (Wildman–Crippen MR) is 53.3 cm³/mol. The second-order valence-corrected chi connectivity index (χ2v) is 3.15. The molecular formula is C10H12N2O3. The Bertz CT molecular complexity index is 365. The first kappa shape index (κ1) is 11.2. The number of carbonyl (C=O) groups is 2. The van der Waals surface area contributed by atoms with Crippen molar-refractivity contribution in [2.24, 2.45) is 0 Å². The number of carboxylic acid groups (broad SMARTS) is 1. The second kappa shape index (κ2) is 5.09. The van der Waals surface area contributed by atoms with E-state index in [9.17, 15) is 9.59 Å². The first-order chi connectivity index (χ1) is 7.15. The Hall–Kier alpha value is -1.91. The van der Waals surface area contributed by atoms with Crippen molar-refractivity contribution in [1.29, 1.82) is 0 Å². The van der Waals surface area contributed by atoms with E-state index in [0.717, 1.165) is 5.56 Å². The Kier molecular flexibility index (Phi) is 3.79. The Morgan fingerprint density at radius 1 is 1.73 bits per heavy atom. The molecule has 0 aliphatic carbocycles. The molecule has 80 valence electrons. The van der Waals surface area contributed by atoms with Crippen LogP contribution in [-0.4, -0.2) is 28.5 Å². The third-order valence-corrected chi connectivity index (χ3v) is 2.08. The molecule has 1 atom stereocenters. The molecule has 1 amide bonds. The van der Waals surface area contributed by atoms with Crippen LogP contribution in [0.25, 0.3) is 0 Å². The highest BCUT2D eigenvalue weighted by Crippen LogP contribution is 2.06. The maximum absolute atomic E-state index is 10.8. The third-order valence-electron chi connectivity index (χ3n) is 2.08. The van der Waals surface area contributed by atoms with Gasteiger partial charge in [0.05, 0.1) is 0 Å². The Labute approximate surface area is 87.1 Å². The molecule has 5 heteroatoms. The number of aromatic nitrogens is 1. The number of rotatable bonds is 5. The van der Waals surface area contributed by atoms with Gasteiger partial charge < -0.3 is 10.4 Å². The minimum absolute atomic E-state index is 0.195. The van der Waals surface area contributed by atoms with Crippen LogP contribution in [0.15, 0.2) is 18.3 Å². The Morgan fingerprint density at radius 2 is 2.47 bits per heavy atom. The summed E-state index contributed by atoms with van der Waals surface area (Å²) >= 11 is 0. The summed E-state index contributed by atoms with van der Waals surface area (Å²) in [6.07, 6.45) is 2.18. The summed E-state index contributed by atoms with van der Waals surface area (Å²) in [6, 6.07) is 2.71. The molecule has 0 spiro atoms. The predicted octanol–water partition coefficient (Wildman–Crippen LogP) is 0.132. The zero-order valence-electron chi connectivity index (χ0n) is 8.30. The maximum atomic E-state index is 10.8. The first-order valence-corrected chi connectivity index (χ1v) is 4.48. The minimum Gasteiger partial charge on any atom is -0.480 e. The van der Waals surface area contributed by atoms with Gasteiger partial charge in [-0.1, -0.05) is 6.07 Å². The fourth-order valence-corrected chi connectivity index (χ4v) is 1.23. The number of pyridine rings is 1. The Morgan fingerprint density at radius 3 is 3.00 bits per heavy atom. The first-order valence-electron chi connectivity index (χ1n) is 4.48. The summed E-state index contributed by atoms with van der Waals surface area (Å²) in [7, 11) is 0. The highest BCUT2D eigenvalue weighted by Gasteiger charge is 2.18. The number of hydrogen-bond acceptors (Lipinski definition) is 3. The van der Waals surface area contributed by atoms with Gasteiger partial charge in [0.25, 0.3) is 0 Å². The highest BCUT2D eigenvalue weighted by atomic mass is 16.4. The van der Waals surface area contributed by atoms with Crippen LogP contribution in [0.3, 0.4) is 0 Å². The molecule has 0 aromatic carbocycles. The van der Waals surface area contributed by atoms with Crippen molar-refractivity contribution >= 4 is 12.4 Å². The molecule has 0 saturated heterocycles. The SMILES string of the molecule is Cc1cccnc1CC(NC=O)C(=O)O. The summed E-state index contributed by atoms with van der Waals surface area (Å²) in [5, 5.41) is 11.0. The number of hydrogen-bond donors (Lipinski definition) is 2. The zero-order chi connectivity index (χ0) is 11.3. The number of carboxylic acids is 1. The van der Waals surface area contributed by atoms with Crippen molar-refractivity contribution in [2.75, 3.05) is 0 Å². The van der Waals surface area contributed by atoms with Gasteiger partial charge in [-0.05, 0) is 18.6 Å². The second-order valence-electron chi connectivity index (χ2n) is 3.15. The fourth-order valence-electron chi connectivity index (χ4n) is 1.23. The third kappa shape index (κ3) is 3.05. The summed E-state index contributed by atoms with van der Waals surface area (Å²) in [5.74, 6) is -1.06.